The number of hydrogen-bond donors (Lipinski definition) is 2. The van der Waals surface area contributed by atoms with Gasteiger partial charge in [-0.05, 0) is 20.3 Å². The maximum Gasteiger partial charge on any atom is 0.323 e. The van der Waals surface area contributed by atoms with E-state index < -0.39 is 9.84 Å². The van der Waals surface area contributed by atoms with Crippen LogP contribution >= 0.6 is 0 Å². The molecule has 9 heteroatoms. The second-order valence-electron chi connectivity index (χ2n) is 4.78. The lowest BCUT2D eigenvalue weighted by molar-refractivity contribution is 0.292. The van der Waals surface area contributed by atoms with E-state index in [4.69, 9.17) is 4.74 Å². The largest absolute Gasteiger partial charge is 0.463 e. The molecule has 8 nitrogen and oxygen atoms in total. The van der Waals surface area contributed by atoms with Crippen LogP contribution in [0, 0.1) is 0 Å². The molecule has 0 saturated carbocycles. The molecule has 1 aromatic heterocycles. The molecule has 0 radical (unpaired) electrons. The van der Waals surface area contributed by atoms with Gasteiger partial charge in [0.1, 0.15) is 9.84 Å². The Labute approximate surface area is 125 Å². The van der Waals surface area contributed by atoms with Gasteiger partial charge in [0.25, 0.3) is 0 Å². The molecular formula is C12H23N5O3S. The van der Waals surface area contributed by atoms with Gasteiger partial charge in [0, 0.05) is 18.8 Å². The summed E-state index contributed by atoms with van der Waals surface area (Å²) in [6.07, 6.45) is 2.04. The molecule has 1 heterocycles. The summed E-state index contributed by atoms with van der Waals surface area (Å²) < 4.78 is 28.0. The molecule has 1 atom stereocenters. The minimum atomic E-state index is -3.07. The van der Waals surface area contributed by atoms with Gasteiger partial charge in [-0.15, -0.1) is 0 Å². The molecule has 0 fully saturated rings. The molecule has 0 spiro atoms. The first-order valence-corrected chi connectivity index (χ1v) is 8.97. The van der Waals surface area contributed by atoms with E-state index in [0.717, 1.165) is 6.42 Å². The lowest BCUT2D eigenvalue weighted by Gasteiger charge is -2.14. The summed E-state index contributed by atoms with van der Waals surface area (Å²) in [4.78, 5) is 12.4. The van der Waals surface area contributed by atoms with Crippen molar-refractivity contribution in [2.45, 2.75) is 33.2 Å². The Bertz CT molecular complexity index is 550. The Kier molecular flexibility index (Phi) is 6.60. The van der Waals surface area contributed by atoms with Crippen LogP contribution in [0.2, 0.25) is 0 Å². The summed E-state index contributed by atoms with van der Waals surface area (Å²) in [5.74, 6) is 0.691. The maximum absolute atomic E-state index is 11.3. The van der Waals surface area contributed by atoms with Gasteiger partial charge in [0.2, 0.25) is 11.9 Å². The Hall–Kier alpha value is -1.64. The van der Waals surface area contributed by atoms with Crippen LogP contribution in [0.15, 0.2) is 0 Å². The summed E-state index contributed by atoms with van der Waals surface area (Å²) in [6.45, 7) is 6.84. The number of hydrogen-bond acceptors (Lipinski definition) is 8. The van der Waals surface area contributed by atoms with Gasteiger partial charge in [-0.2, -0.15) is 15.0 Å². The van der Waals surface area contributed by atoms with Crippen molar-refractivity contribution in [3.05, 3.63) is 0 Å². The van der Waals surface area contributed by atoms with E-state index in [-0.39, 0.29) is 17.8 Å². The standard InChI is InChI=1S/C12H23N5O3S/c1-5-7-20-12-16-10(13-6-2)15-11(17-12)14-9(3)8-21(4,18)19/h9H,5-8H2,1-4H3,(H2,13,14,15,16,17). The monoisotopic (exact) mass is 317 g/mol. The van der Waals surface area contributed by atoms with Gasteiger partial charge in [0.15, 0.2) is 0 Å². The Balaban J connectivity index is 2.86. The molecule has 0 aromatic carbocycles. The van der Waals surface area contributed by atoms with Crippen LogP contribution in [0.1, 0.15) is 27.2 Å². The number of sulfone groups is 1. The van der Waals surface area contributed by atoms with E-state index >= 15 is 0 Å². The van der Waals surface area contributed by atoms with Gasteiger partial charge < -0.3 is 15.4 Å². The number of nitrogens with one attached hydrogen (secondary N) is 2. The highest BCUT2D eigenvalue weighted by Crippen LogP contribution is 2.12. The molecule has 1 aromatic rings. The van der Waals surface area contributed by atoms with Crippen LogP contribution in [0.3, 0.4) is 0 Å². The fourth-order valence-electron chi connectivity index (χ4n) is 1.63. The molecule has 1 unspecified atom stereocenters. The zero-order valence-corrected chi connectivity index (χ0v) is 13.7. The summed E-state index contributed by atoms with van der Waals surface area (Å²) in [5.41, 5.74) is 0. The van der Waals surface area contributed by atoms with Crippen molar-refractivity contribution >= 4 is 21.7 Å². The molecule has 0 aliphatic carbocycles. The SMILES string of the molecule is CCCOc1nc(NCC)nc(NC(C)CS(C)(=O)=O)n1. The first kappa shape index (κ1) is 17.4. The van der Waals surface area contributed by atoms with Crippen LogP contribution in [0.25, 0.3) is 0 Å². The Morgan fingerprint density at radius 2 is 1.86 bits per heavy atom. The summed E-state index contributed by atoms with van der Waals surface area (Å²) in [6, 6.07) is -0.0900. The molecule has 1 rings (SSSR count). The zero-order valence-electron chi connectivity index (χ0n) is 12.9. The average molecular weight is 317 g/mol. The molecule has 0 saturated heterocycles. The Morgan fingerprint density at radius 1 is 1.19 bits per heavy atom. The van der Waals surface area contributed by atoms with Crippen LogP contribution in [-0.2, 0) is 9.84 Å². The van der Waals surface area contributed by atoms with Gasteiger partial charge in [-0.25, -0.2) is 8.42 Å². The Morgan fingerprint density at radius 3 is 2.43 bits per heavy atom. The summed E-state index contributed by atoms with van der Waals surface area (Å²) in [7, 11) is -3.07. The first-order valence-electron chi connectivity index (χ1n) is 6.91. The molecule has 0 bridgehead atoms. The van der Waals surface area contributed by atoms with Crippen molar-refractivity contribution < 1.29 is 13.2 Å². The molecule has 21 heavy (non-hydrogen) atoms. The van der Waals surface area contributed by atoms with Gasteiger partial charge in [0.05, 0.1) is 12.4 Å². The van der Waals surface area contributed by atoms with Crippen LogP contribution in [0.5, 0.6) is 6.01 Å². The van der Waals surface area contributed by atoms with Gasteiger partial charge >= 0.3 is 6.01 Å². The number of ether oxygens (including phenoxy) is 1. The second kappa shape index (κ2) is 7.96. The van der Waals surface area contributed by atoms with E-state index in [9.17, 15) is 8.42 Å². The fourth-order valence-corrected chi connectivity index (χ4v) is 2.62. The maximum atomic E-state index is 11.3. The van der Waals surface area contributed by atoms with E-state index in [1.54, 1.807) is 6.92 Å². The zero-order chi connectivity index (χ0) is 15.9. The van der Waals surface area contributed by atoms with Crippen LogP contribution < -0.4 is 15.4 Å². The predicted octanol–water partition coefficient (Wildman–Crippen LogP) is 0.937. The molecule has 0 aliphatic rings. The van der Waals surface area contributed by atoms with Crippen molar-refractivity contribution in [2.24, 2.45) is 0 Å². The molecule has 0 amide bonds. The third-order valence-electron chi connectivity index (χ3n) is 2.31. The highest BCUT2D eigenvalue weighted by atomic mass is 32.2. The van der Waals surface area contributed by atoms with Crippen molar-refractivity contribution in [3.63, 3.8) is 0 Å². The van der Waals surface area contributed by atoms with Gasteiger partial charge in [-0.1, -0.05) is 6.92 Å². The fraction of sp³-hybridized carbons (Fsp3) is 0.750. The first-order chi connectivity index (χ1) is 9.84. The van der Waals surface area contributed by atoms with Crippen molar-refractivity contribution in [1.82, 2.24) is 15.0 Å². The quantitative estimate of drug-likeness (QED) is 0.693. The predicted molar refractivity (Wildman–Crippen MR) is 82.6 cm³/mol. The summed E-state index contributed by atoms with van der Waals surface area (Å²) >= 11 is 0. The molecule has 2 N–H and O–H groups in total. The average Bonchev–Trinajstić information content (AvgIpc) is 2.34. The molecular weight excluding hydrogens is 294 g/mol. The topological polar surface area (TPSA) is 106 Å². The van der Waals surface area contributed by atoms with E-state index in [2.05, 4.69) is 25.6 Å². The van der Waals surface area contributed by atoms with Crippen molar-refractivity contribution in [2.75, 3.05) is 35.8 Å². The highest BCUT2D eigenvalue weighted by molar-refractivity contribution is 7.90. The normalized spacial score (nSPS) is 12.8. The van der Waals surface area contributed by atoms with Gasteiger partial charge in [-0.3, -0.25) is 0 Å². The van der Waals surface area contributed by atoms with Crippen molar-refractivity contribution in [1.29, 1.82) is 0 Å². The van der Waals surface area contributed by atoms with E-state index in [0.29, 0.717) is 25.0 Å². The third kappa shape index (κ3) is 7.07. The minimum Gasteiger partial charge on any atom is -0.463 e. The number of anilines is 2. The lowest BCUT2D eigenvalue weighted by Crippen LogP contribution is -2.26. The van der Waals surface area contributed by atoms with Crippen molar-refractivity contribution in [3.8, 4) is 6.01 Å². The number of aromatic nitrogens is 3. The smallest absolute Gasteiger partial charge is 0.323 e. The number of nitrogens with zero attached hydrogens (tertiary/aromatic N) is 3. The number of rotatable bonds is 9. The third-order valence-corrected chi connectivity index (χ3v) is 3.42. The second-order valence-corrected chi connectivity index (χ2v) is 6.97. The van der Waals surface area contributed by atoms with E-state index in [1.165, 1.54) is 6.26 Å². The molecule has 120 valence electrons. The minimum absolute atomic E-state index is 0.000370. The van der Waals surface area contributed by atoms with E-state index in [1.807, 2.05) is 13.8 Å². The summed E-state index contributed by atoms with van der Waals surface area (Å²) in [5, 5.41) is 5.94. The van der Waals surface area contributed by atoms with Crippen LogP contribution in [-0.4, -0.2) is 54.6 Å². The highest BCUT2D eigenvalue weighted by Gasteiger charge is 2.13. The molecule has 0 aliphatic heterocycles. The lowest BCUT2D eigenvalue weighted by atomic mass is 10.4. The van der Waals surface area contributed by atoms with Crippen LogP contribution in [0.4, 0.5) is 11.9 Å².